The van der Waals surface area contributed by atoms with Gasteiger partial charge in [-0.15, -0.1) is 0 Å². The fourth-order valence-electron chi connectivity index (χ4n) is 5.61. The highest BCUT2D eigenvalue weighted by Crippen LogP contribution is 2.51. The van der Waals surface area contributed by atoms with E-state index in [0.29, 0.717) is 19.8 Å². The number of methoxy groups -OCH3 is 1. The fourth-order valence-corrected chi connectivity index (χ4v) is 8.06. The standard InChI is InChI=1S/C30H36N4O4S2/c1-20-16-33(10-12-37-20)17-22(19-36-2)32-21-6-7-26-28(14-21)39-27-5-3-4-24(30(27)40-26)25-18-34(11-13-38-25)23-8-9-31-29(35)15-23/h3-9,14-15,20,22,25,32H,10-13,16-19H2,1-2H3,(H,31,35). The van der Waals surface area contributed by atoms with Gasteiger partial charge in [0.2, 0.25) is 5.56 Å². The second kappa shape index (κ2) is 12.6. The number of H-pyrrole nitrogens is 1. The molecule has 3 aromatic rings. The molecule has 2 saturated heterocycles. The smallest absolute Gasteiger partial charge is 0.249 e. The molecule has 4 heterocycles. The minimum atomic E-state index is -0.0840. The Bertz CT molecular complexity index is 1390. The molecule has 10 heteroatoms. The van der Waals surface area contributed by atoms with Gasteiger partial charge in [-0.1, -0.05) is 35.7 Å². The summed E-state index contributed by atoms with van der Waals surface area (Å²) in [5.41, 5.74) is 3.17. The third kappa shape index (κ3) is 6.37. The summed E-state index contributed by atoms with van der Waals surface area (Å²) in [5.74, 6) is 0. The first-order valence-corrected chi connectivity index (χ1v) is 15.5. The molecule has 0 bridgehead atoms. The number of anilines is 2. The maximum atomic E-state index is 11.9. The molecule has 2 fully saturated rings. The van der Waals surface area contributed by atoms with Crippen LogP contribution in [-0.4, -0.2) is 81.7 Å². The monoisotopic (exact) mass is 580 g/mol. The molecule has 0 radical (unpaired) electrons. The minimum Gasteiger partial charge on any atom is -0.383 e. The molecule has 6 rings (SSSR count). The van der Waals surface area contributed by atoms with Gasteiger partial charge in [-0.05, 0) is 42.8 Å². The molecule has 8 nitrogen and oxygen atoms in total. The summed E-state index contributed by atoms with van der Waals surface area (Å²) in [6.45, 7) is 8.48. The number of pyridine rings is 1. The van der Waals surface area contributed by atoms with Crippen LogP contribution in [0, 0.1) is 0 Å². The first-order chi connectivity index (χ1) is 19.6. The van der Waals surface area contributed by atoms with Crippen LogP contribution in [0.15, 0.2) is 79.1 Å². The van der Waals surface area contributed by atoms with Gasteiger partial charge in [0.25, 0.3) is 0 Å². The van der Waals surface area contributed by atoms with Gasteiger partial charge in [0, 0.05) is 83.1 Å². The average molecular weight is 581 g/mol. The fraction of sp³-hybridized carbons (Fsp3) is 0.433. The van der Waals surface area contributed by atoms with Crippen molar-refractivity contribution in [3.8, 4) is 0 Å². The number of aromatic nitrogens is 1. The Morgan fingerprint density at radius 2 is 1.95 bits per heavy atom. The van der Waals surface area contributed by atoms with E-state index in [1.54, 1.807) is 19.4 Å². The van der Waals surface area contributed by atoms with Crippen LogP contribution in [0.2, 0.25) is 0 Å². The molecule has 1 aromatic heterocycles. The lowest BCUT2D eigenvalue weighted by Crippen LogP contribution is -2.47. The molecular weight excluding hydrogens is 544 g/mol. The molecule has 0 saturated carbocycles. The van der Waals surface area contributed by atoms with Crippen molar-refractivity contribution in [2.75, 3.05) is 69.9 Å². The number of fused-ring (bicyclic) bond motifs is 2. The minimum absolute atomic E-state index is 0.0590. The van der Waals surface area contributed by atoms with Crippen LogP contribution in [0.5, 0.6) is 0 Å². The van der Waals surface area contributed by atoms with Crippen molar-refractivity contribution in [2.24, 2.45) is 0 Å². The van der Waals surface area contributed by atoms with Gasteiger partial charge in [-0.3, -0.25) is 9.69 Å². The molecule has 212 valence electrons. The molecule has 40 heavy (non-hydrogen) atoms. The van der Waals surface area contributed by atoms with E-state index in [1.165, 1.54) is 25.1 Å². The van der Waals surface area contributed by atoms with Crippen LogP contribution >= 0.6 is 23.5 Å². The second-order valence-corrected chi connectivity index (χ2v) is 12.6. The molecule has 0 spiro atoms. The van der Waals surface area contributed by atoms with Gasteiger partial charge in [0.05, 0.1) is 32.0 Å². The highest BCUT2D eigenvalue weighted by atomic mass is 32.2. The molecule has 0 amide bonds. The molecular formula is C30H36N4O4S2. The number of morpholine rings is 2. The zero-order chi connectivity index (χ0) is 27.5. The molecule has 0 aliphatic carbocycles. The number of nitrogens with zero attached hydrogens (tertiary/aromatic N) is 2. The van der Waals surface area contributed by atoms with Crippen molar-refractivity contribution in [1.82, 2.24) is 9.88 Å². The predicted molar refractivity (Wildman–Crippen MR) is 160 cm³/mol. The normalized spacial score (nSPS) is 21.9. The largest absolute Gasteiger partial charge is 0.383 e. The Morgan fingerprint density at radius 1 is 1.05 bits per heavy atom. The number of aromatic amines is 1. The van der Waals surface area contributed by atoms with Crippen LogP contribution < -0.4 is 15.8 Å². The third-order valence-corrected chi connectivity index (χ3v) is 10.1. The van der Waals surface area contributed by atoms with Crippen molar-refractivity contribution in [3.63, 3.8) is 0 Å². The lowest BCUT2D eigenvalue weighted by atomic mass is 10.1. The molecule has 3 atom stereocenters. The lowest BCUT2D eigenvalue weighted by Gasteiger charge is -2.36. The number of hydrogen-bond donors (Lipinski definition) is 2. The Hall–Kier alpha value is -2.47. The van der Waals surface area contributed by atoms with Gasteiger partial charge < -0.3 is 29.4 Å². The summed E-state index contributed by atoms with van der Waals surface area (Å²) in [5, 5.41) is 3.72. The summed E-state index contributed by atoms with van der Waals surface area (Å²) in [7, 11) is 1.76. The molecule has 3 aliphatic heterocycles. The number of rotatable bonds is 8. The van der Waals surface area contributed by atoms with E-state index in [0.717, 1.165) is 44.2 Å². The van der Waals surface area contributed by atoms with Crippen molar-refractivity contribution in [2.45, 2.75) is 44.8 Å². The van der Waals surface area contributed by atoms with Gasteiger partial charge in [0.15, 0.2) is 0 Å². The number of hydrogen-bond acceptors (Lipinski definition) is 9. The predicted octanol–water partition coefficient (Wildman–Crippen LogP) is 4.72. The second-order valence-electron chi connectivity index (χ2n) is 10.5. The zero-order valence-electron chi connectivity index (χ0n) is 22.9. The lowest BCUT2D eigenvalue weighted by molar-refractivity contribution is -0.0213. The SMILES string of the molecule is COCC(CN1CCOC(C)C1)Nc1ccc2c(c1)Sc1cccc(C3CN(c4cc[nH]c(=O)c4)CCO3)c1S2. The Kier molecular flexibility index (Phi) is 8.71. The van der Waals surface area contributed by atoms with Gasteiger partial charge in [-0.2, -0.15) is 0 Å². The van der Waals surface area contributed by atoms with Crippen LogP contribution in [0.3, 0.4) is 0 Å². The number of ether oxygens (including phenoxy) is 3. The topological polar surface area (TPSA) is 79.1 Å². The van der Waals surface area contributed by atoms with Crippen LogP contribution in [-0.2, 0) is 14.2 Å². The van der Waals surface area contributed by atoms with Crippen LogP contribution in [0.4, 0.5) is 11.4 Å². The third-order valence-electron chi connectivity index (χ3n) is 7.46. The first kappa shape index (κ1) is 27.7. The number of nitrogens with one attached hydrogen (secondary N) is 2. The van der Waals surface area contributed by atoms with Crippen LogP contribution in [0.1, 0.15) is 18.6 Å². The molecule has 2 aromatic carbocycles. The van der Waals surface area contributed by atoms with Gasteiger partial charge >= 0.3 is 0 Å². The average Bonchev–Trinajstić information content (AvgIpc) is 2.96. The van der Waals surface area contributed by atoms with E-state index in [-0.39, 0.29) is 23.8 Å². The maximum absolute atomic E-state index is 11.9. The summed E-state index contributed by atoms with van der Waals surface area (Å²) >= 11 is 3.64. The quantitative estimate of drug-likeness (QED) is 0.308. The summed E-state index contributed by atoms with van der Waals surface area (Å²) in [6, 6.07) is 17.0. The first-order valence-electron chi connectivity index (χ1n) is 13.8. The Morgan fingerprint density at radius 3 is 2.80 bits per heavy atom. The zero-order valence-corrected chi connectivity index (χ0v) is 24.6. The van der Waals surface area contributed by atoms with E-state index < -0.39 is 0 Å². The van der Waals surface area contributed by atoms with E-state index in [4.69, 9.17) is 14.2 Å². The van der Waals surface area contributed by atoms with Crippen molar-refractivity contribution < 1.29 is 14.2 Å². The number of benzene rings is 2. The van der Waals surface area contributed by atoms with Gasteiger partial charge in [0.1, 0.15) is 6.10 Å². The Labute approximate surface area is 243 Å². The molecule has 3 aliphatic rings. The van der Waals surface area contributed by atoms with E-state index >= 15 is 0 Å². The highest BCUT2D eigenvalue weighted by molar-refractivity contribution is 8.05. The molecule has 3 unspecified atom stereocenters. The van der Waals surface area contributed by atoms with Gasteiger partial charge in [-0.25, -0.2) is 0 Å². The summed E-state index contributed by atoms with van der Waals surface area (Å²) < 4.78 is 17.5. The van der Waals surface area contributed by atoms with E-state index in [2.05, 4.69) is 63.4 Å². The van der Waals surface area contributed by atoms with E-state index in [1.807, 2.05) is 29.6 Å². The Balaban J connectivity index is 1.17. The summed E-state index contributed by atoms with van der Waals surface area (Å²) in [6.07, 6.45) is 1.92. The van der Waals surface area contributed by atoms with Crippen molar-refractivity contribution in [1.29, 1.82) is 0 Å². The van der Waals surface area contributed by atoms with Crippen molar-refractivity contribution in [3.05, 3.63) is 70.6 Å². The molecule has 2 N–H and O–H groups in total. The highest BCUT2D eigenvalue weighted by Gasteiger charge is 2.29. The van der Waals surface area contributed by atoms with Crippen molar-refractivity contribution >= 4 is 34.9 Å². The van der Waals surface area contributed by atoms with Crippen LogP contribution in [0.25, 0.3) is 0 Å². The maximum Gasteiger partial charge on any atom is 0.249 e. The summed E-state index contributed by atoms with van der Waals surface area (Å²) in [4.78, 5) is 24.3. The van der Waals surface area contributed by atoms with E-state index in [9.17, 15) is 4.79 Å².